The lowest BCUT2D eigenvalue weighted by atomic mass is 10.3. The summed E-state index contributed by atoms with van der Waals surface area (Å²) >= 11 is 1.12. The number of nitrogens with one attached hydrogen (secondary N) is 1. The van der Waals surface area contributed by atoms with Gasteiger partial charge in [-0.05, 0) is 39.3 Å². The van der Waals surface area contributed by atoms with Crippen molar-refractivity contribution in [3.05, 3.63) is 38.0 Å². The van der Waals surface area contributed by atoms with E-state index in [0.717, 1.165) is 11.3 Å². The Balaban J connectivity index is 2.11. The molecular weight excluding hydrogens is 348 g/mol. The van der Waals surface area contributed by atoms with Crippen molar-refractivity contribution in [1.29, 1.82) is 0 Å². The summed E-state index contributed by atoms with van der Waals surface area (Å²) in [6, 6.07) is 1.68. The fraction of sp³-hybridized carbons (Fsp3) is 0.400. The van der Waals surface area contributed by atoms with Crippen LogP contribution in [0.4, 0.5) is 10.7 Å². The van der Waals surface area contributed by atoms with Gasteiger partial charge in [0.15, 0.2) is 0 Å². The van der Waals surface area contributed by atoms with Crippen molar-refractivity contribution in [3.8, 4) is 0 Å². The van der Waals surface area contributed by atoms with E-state index in [-0.39, 0.29) is 24.5 Å². The Morgan fingerprint density at radius 3 is 2.64 bits per heavy atom. The van der Waals surface area contributed by atoms with Crippen molar-refractivity contribution >= 4 is 33.9 Å². The number of ether oxygens (including phenoxy) is 1. The van der Waals surface area contributed by atoms with Crippen molar-refractivity contribution in [1.82, 2.24) is 9.78 Å². The first-order chi connectivity index (χ1) is 11.7. The summed E-state index contributed by atoms with van der Waals surface area (Å²) in [5.41, 5.74) is 1.18. The van der Waals surface area contributed by atoms with E-state index in [0.29, 0.717) is 21.1 Å². The van der Waals surface area contributed by atoms with Gasteiger partial charge in [-0.2, -0.15) is 5.10 Å². The van der Waals surface area contributed by atoms with Gasteiger partial charge in [-0.15, -0.1) is 11.3 Å². The highest BCUT2D eigenvalue weighted by molar-refractivity contribution is 7.18. The highest BCUT2D eigenvalue weighted by Crippen LogP contribution is 2.27. The Morgan fingerprint density at radius 2 is 2.08 bits per heavy atom. The molecule has 0 aliphatic rings. The van der Waals surface area contributed by atoms with E-state index >= 15 is 0 Å². The summed E-state index contributed by atoms with van der Waals surface area (Å²) in [6.07, 6.45) is 0. The molecule has 0 spiro atoms. The van der Waals surface area contributed by atoms with E-state index in [1.54, 1.807) is 26.8 Å². The molecule has 0 bridgehead atoms. The van der Waals surface area contributed by atoms with Crippen LogP contribution < -0.4 is 5.32 Å². The number of rotatable bonds is 6. The molecule has 0 aromatic carbocycles. The number of carbonyl (C=O) groups excluding carboxylic acids is 2. The first-order valence-electron chi connectivity index (χ1n) is 7.50. The third-order valence-corrected chi connectivity index (χ3v) is 4.59. The van der Waals surface area contributed by atoms with Gasteiger partial charge in [-0.1, -0.05) is 0 Å². The van der Waals surface area contributed by atoms with Gasteiger partial charge in [0, 0.05) is 0 Å². The van der Waals surface area contributed by atoms with Crippen molar-refractivity contribution in [3.63, 3.8) is 0 Å². The third kappa shape index (κ3) is 4.02. The maximum Gasteiger partial charge on any atom is 0.348 e. The number of amides is 1. The first kappa shape index (κ1) is 18.6. The molecule has 2 heterocycles. The number of aryl methyl sites for hydroxylation is 2. The Morgan fingerprint density at radius 1 is 1.40 bits per heavy atom. The van der Waals surface area contributed by atoms with Crippen LogP contribution in [0.15, 0.2) is 6.07 Å². The van der Waals surface area contributed by atoms with E-state index in [4.69, 9.17) is 4.74 Å². The topological polar surface area (TPSA) is 116 Å². The van der Waals surface area contributed by atoms with Crippen molar-refractivity contribution in [2.24, 2.45) is 0 Å². The minimum Gasteiger partial charge on any atom is -0.462 e. The predicted molar refractivity (Wildman–Crippen MR) is 92.0 cm³/mol. The first-order valence-corrected chi connectivity index (χ1v) is 8.32. The van der Waals surface area contributed by atoms with Crippen molar-refractivity contribution < 1.29 is 19.2 Å². The zero-order valence-corrected chi connectivity index (χ0v) is 15.1. The number of esters is 1. The van der Waals surface area contributed by atoms with Crippen LogP contribution in [0.2, 0.25) is 0 Å². The maximum atomic E-state index is 12.2. The summed E-state index contributed by atoms with van der Waals surface area (Å²) in [6.45, 7) is 6.65. The number of carbonyl (C=O) groups is 2. The Hall–Kier alpha value is -2.75. The van der Waals surface area contributed by atoms with Crippen LogP contribution in [-0.2, 0) is 16.1 Å². The van der Waals surface area contributed by atoms with E-state index in [1.165, 1.54) is 11.6 Å². The van der Waals surface area contributed by atoms with Crippen LogP contribution in [0.5, 0.6) is 0 Å². The van der Waals surface area contributed by atoms with Crippen LogP contribution in [0.3, 0.4) is 0 Å². The number of nitro groups is 1. The molecule has 1 amide bonds. The fourth-order valence-electron chi connectivity index (χ4n) is 2.36. The molecule has 0 aliphatic heterocycles. The standard InChI is InChI=1S/C15H18N4O5S/c1-5-24-15(21)14-8(2)6-12(25-14)16-11(20)7-18-10(4)13(19(22)23)9(3)17-18/h6H,5,7H2,1-4H3,(H,16,20). The molecule has 0 radical (unpaired) electrons. The minimum atomic E-state index is -0.514. The largest absolute Gasteiger partial charge is 0.462 e. The second-order valence-corrected chi connectivity index (χ2v) is 6.38. The zero-order chi connectivity index (χ0) is 18.7. The summed E-state index contributed by atoms with van der Waals surface area (Å²) < 4.78 is 6.24. The smallest absolute Gasteiger partial charge is 0.348 e. The molecule has 0 saturated heterocycles. The molecule has 25 heavy (non-hydrogen) atoms. The van der Waals surface area contributed by atoms with Gasteiger partial charge < -0.3 is 10.1 Å². The number of anilines is 1. The normalized spacial score (nSPS) is 10.6. The Bertz CT molecular complexity index is 839. The molecule has 2 aromatic rings. The van der Waals surface area contributed by atoms with Crippen LogP contribution in [-0.4, -0.2) is 33.2 Å². The highest BCUT2D eigenvalue weighted by atomic mass is 32.1. The Labute approximate surface area is 147 Å². The molecule has 0 unspecified atom stereocenters. The second kappa shape index (κ2) is 7.43. The zero-order valence-electron chi connectivity index (χ0n) is 14.3. The molecule has 10 heteroatoms. The van der Waals surface area contributed by atoms with E-state index in [1.807, 2.05) is 0 Å². The monoisotopic (exact) mass is 366 g/mol. The molecule has 0 atom stereocenters. The lowest BCUT2D eigenvalue weighted by Crippen LogP contribution is -2.19. The number of thiophene rings is 1. The second-order valence-electron chi connectivity index (χ2n) is 5.33. The molecule has 0 aliphatic carbocycles. The van der Waals surface area contributed by atoms with E-state index < -0.39 is 16.8 Å². The SMILES string of the molecule is CCOC(=O)c1sc(NC(=O)Cn2nc(C)c([N+](=O)[O-])c2C)cc1C. The quantitative estimate of drug-likeness (QED) is 0.477. The van der Waals surface area contributed by atoms with Gasteiger partial charge in [0.25, 0.3) is 0 Å². The van der Waals surface area contributed by atoms with Crippen molar-refractivity contribution in [2.45, 2.75) is 34.2 Å². The Kier molecular flexibility index (Phi) is 5.52. The van der Waals surface area contributed by atoms with Gasteiger partial charge in [-0.3, -0.25) is 19.6 Å². The lowest BCUT2D eigenvalue weighted by molar-refractivity contribution is -0.386. The molecule has 0 fully saturated rings. The molecular formula is C15H18N4O5S. The lowest BCUT2D eigenvalue weighted by Gasteiger charge is -2.04. The van der Waals surface area contributed by atoms with Gasteiger partial charge in [0.05, 0.1) is 16.5 Å². The highest BCUT2D eigenvalue weighted by Gasteiger charge is 2.23. The number of hydrogen-bond donors (Lipinski definition) is 1. The fourth-order valence-corrected chi connectivity index (χ4v) is 3.34. The molecule has 0 saturated carbocycles. The summed E-state index contributed by atoms with van der Waals surface area (Å²) in [5.74, 6) is -0.822. The van der Waals surface area contributed by atoms with E-state index in [9.17, 15) is 19.7 Å². The van der Waals surface area contributed by atoms with Gasteiger partial charge in [0.1, 0.15) is 22.8 Å². The third-order valence-electron chi connectivity index (χ3n) is 3.46. The molecule has 9 nitrogen and oxygen atoms in total. The summed E-state index contributed by atoms with van der Waals surface area (Å²) in [4.78, 5) is 34.9. The molecule has 2 aromatic heterocycles. The molecule has 1 N–H and O–H groups in total. The van der Waals surface area contributed by atoms with Crippen LogP contribution in [0.1, 0.15) is 33.5 Å². The average molecular weight is 366 g/mol. The maximum absolute atomic E-state index is 12.2. The van der Waals surface area contributed by atoms with Crippen LogP contribution in [0, 0.1) is 30.9 Å². The predicted octanol–water partition coefficient (Wildman–Crippen LogP) is 2.59. The van der Waals surface area contributed by atoms with Gasteiger partial charge in [0.2, 0.25) is 5.91 Å². The van der Waals surface area contributed by atoms with Crippen LogP contribution in [0.25, 0.3) is 0 Å². The van der Waals surface area contributed by atoms with Crippen LogP contribution >= 0.6 is 11.3 Å². The molecule has 134 valence electrons. The summed E-state index contributed by atoms with van der Waals surface area (Å²) in [5, 5.41) is 18.2. The molecule has 2 rings (SSSR count). The summed E-state index contributed by atoms with van der Waals surface area (Å²) in [7, 11) is 0. The number of nitrogens with zero attached hydrogens (tertiary/aromatic N) is 3. The average Bonchev–Trinajstić information content (AvgIpc) is 2.99. The van der Waals surface area contributed by atoms with Crippen molar-refractivity contribution in [2.75, 3.05) is 11.9 Å². The van der Waals surface area contributed by atoms with E-state index in [2.05, 4.69) is 10.4 Å². The van der Waals surface area contributed by atoms with Gasteiger partial charge >= 0.3 is 11.7 Å². The number of aromatic nitrogens is 2. The number of hydrogen-bond acceptors (Lipinski definition) is 7. The van der Waals surface area contributed by atoms with Gasteiger partial charge in [-0.25, -0.2) is 4.79 Å². The minimum absolute atomic E-state index is 0.0932.